The van der Waals surface area contributed by atoms with Crippen LogP contribution in [-0.4, -0.2) is 40.8 Å². The Kier molecular flexibility index (Phi) is 2.97. The minimum atomic E-state index is -0.461. The van der Waals surface area contributed by atoms with Crippen LogP contribution in [0.3, 0.4) is 0 Å². The van der Waals surface area contributed by atoms with Gasteiger partial charge in [-0.15, -0.1) is 0 Å². The van der Waals surface area contributed by atoms with E-state index in [4.69, 9.17) is 9.47 Å². The first-order chi connectivity index (χ1) is 9.41. The molecule has 2 aliphatic rings. The molecule has 5 heteroatoms. The van der Waals surface area contributed by atoms with Crippen molar-refractivity contribution >= 4 is 6.09 Å². The average Bonchev–Trinajstić information content (AvgIpc) is 3.12. The van der Waals surface area contributed by atoms with E-state index in [1.165, 1.54) is 0 Å². The van der Waals surface area contributed by atoms with Gasteiger partial charge in [0, 0.05) is 19.2 Å². The van der Waals surface area contributed by atoms with Crippen molar-refractivity contribution in [1.82, 2.24) is 9.88 Å². The lowest BCUT2D eigenvalue weighted by atomic mass is 9.93. The maximum absolute atomic E-state index is 12.1. The summed E-state index contributed by atoms with van der Waals surface area (Å²) in [5.74, 6) is 0. The zero-order chi connectivity index (χ0) is 14.4. The van der Waals surface area contributed by atoms with Crippen molar-refractivity contribution in [2.45, 2.75) is 44.5 Å². The zero-order valence-electron chi connectivity index (χ0n) is 12.1. The Balaban J connectivity index is 1.65. The molecule has 3 rings (SSSR count). The fraction of sp³-hybridized carbons (Fsp3) is 0.600. The van der Waals surface area contributed by atoms with Gasteiger partial charge >= 0.3 is 6.09 Å². The van der Waals surface area contributed by atoms with E-state index in [2.05, 4.69) is 4.98 Å². The summed E-state index contributed by atoms with van der Waals surface area (Å²) in [7, 11) is 0. The third-order valence-corrected chi connectivity index (χ3v) is 3.70. The van der Waals surface area contributed by atoms with Crippen molar-refractivity contribution in [3.05, 3.63) is 30.1 Å². The van der Waals surface area contributed by atoms with Gasteiger partial charge < -0.3 is 14.4 Å². The molecular weight excluding hydrogens is 256 g/mol. The number of aromatic nitrogens is 1. The first-order valence-corrected chi connectivity index (χ1v) is 6.98. The van der Waals surface area contributed by atoms with E-state index >= 15 is 0 Å². The maximum Gasteiger partial charge on any atom is 0.410 e. The first kappa shape index (κ1) is 13.4. The quantitative estimate of drug-likeness (QED) is 0.739. The van der Waals surface area contributed by atoms with E-state index in [-0.39, 0.29) is 17.8 Å². The third-order valence-electron chi connectivity index (χ3n) is 3.70. The summed E-state index contributed by atoms with van der Waals surface area (Å²) in [6, 6.07) is 5.85. The third kappa shape index (κ3) is 2.38. The van der Waals surface area contributed by atoms with Crippen LogP contribution < -0.4 is 0 Å². The van der Waals surface area contributed by atoms with Gasteiger partial charge in [0.15, 0.2) is 0 Å². The molecule has 2 atom stereocenters. The minimum Gasteiger partial charge on any atom is -0.444 e. The number of epoxide rings is 1. The molecule has 1 aromatic rings. The van der Waals surface area contributed by atoms with Crippen LogP contribution >= 0.6 is 0 Å². The topological polar surface area (TPSA) is 55.0 Å². The van der Waals surface area contributed by atoms with Crippen molar-refractivity contribution in [2.75, 3.05) is 13.1 Å². The monoisotopic (exact) mass is 276 g/mol. The minimum absolute atomic E-state index is 0.0404. The van der Waals surface area contributed by atoms with Crippen molar-refractivity contribution in [3.8, 4) is 0 Å². The van der Waals surface area contributed by atoms with Crippen molar-refractivity contribution in [2.24, 2.45) is 0 Å². The van der Waals surface area contributed by atoms with Gasteiger partial charge in [-0.2, -0.15) is 0 Å². The molecule has 1 amide bonds. The molecule has 3 heterocycles. The molecule has 0 radical (unpaired) electrons. The number of pyridine rings is 1. The summed E-state index contributed by atoms with van der Waals surface area (Å²) in [5.41, 5.74) is 0.227. The smallest absolute Gasteiger partial charge is 0.410 e. The molecule has 0 aromatic carbocycles. The predicted octanol–water partition coefficient (Wildman–Crippen LogP) is 2.32. The molecule has 108 valence electrons. The van der Waals surface area contributed by atoms with Crippen LogP contribution in [-0.2, 0) is 15.1 Å². The van der Waals surface area contributed by atoms with Crippen molar-refractivity contribution < 1.29 is 14.3 Å². The molecule has 0 spiro atoms. The Hall–Kier alpha value is -1.62. The maximum atomic E-state index is 12.1. The van der Waals surface area contributed by atoms with Crippen molar-refractivity contribution in [3.63, 3.8) is 0 Å². The first-order valence-electron chi connectivity index (χ1n) is 6.98. The molecule has 20 heavy (non-hydrogen) atoms. The lowest BCUT2D eigenvalue weighted by Crippen LogP contribution is -2.44. The molecule has 2 fully saturated rings. The fourth-order valence-electron chi connectivity index (χ4n) is 2.68. The van der Waals surface area contributed by atoms with Gasteiger partial charge in [0.25, 0.3) is 0 Å². The largest absolute Gasteiger partial charge is 0.444 e. The highest BCUT2D eigenvalue weighted by Gasteiger charge is 2.61. The van der Waals surface area contributed by atoms with Crippen LogP contribution in [0.25, 0.3) is 0 Å². The highest BCUT2D eigenvalue weighted by Crippen LogP contribution is 2.51. The molecular formula is C15H20N2O3. The number of carbonyl (C=O) groups is 1. The lowest BCUT2D eigenvalue weighted by Gasteiger charge is -2.30. The SMILES string of the molecule is CC(C)(C)OC(=O)N1CCC2(c3ccccn3)OC2C1. The molecule has 0 aliphatic carbocycles. The number of rotatable bonds is 1. The number of amides is 1. The Morgan fingerprint density at radius 1 is 1.50 bits per heavy atom. The number of hydrogen-bond donors (Lipinski definition) is 0. The summed E-state index contributed by atoms with van der Waals surface area (Å²) in [6.07, 6.45) is 2.33. The molecule has 1 aromatic heterocycles. The van der Waals surface area contributed by atoms with Crippen LogP contribution in [0.5, 0.6) is 0 Å². The van der Waals surface area contributed by atoms with Crippen molar-refractivity contribution in [1.29, 1.82) is 0 Å². The average molecular weight is 276 g/mol. The summed E-state index contributed by atoms with van der Waals surface area (Å²) in [4.78, 5) is 18.2. The van der Waals surface area contributed by atoms with Gasteiger partial charge in [-0.1, -0.05) is 6.07 Å². The van der Waals surface area contributed by atoms with Crippen LogP contribution in [0, 0.1) is 0 Å². The fourth-order valence-corrected chi connectivity index (χ4v) is 2.68. The summed E-state index contributed by atoms with van der Waals surface area (Å²) in [6.45, 7) is 6.84. The normalized spacial score (nSPS) is 28.8. The second-order valence-electron chi connectivity index (χ2n) is 6.39. The molecule has 2 saturated heterocycles. The van der Waals surface area contributed by atoms with Crippen LogP contribution in [0.4, 0.5) is 4.79 Å². The number of carbonyl (C=O) groups excluding carboxylic acids is 1. The van der Waals surface area contributed by atoms with Gasteiger partial charge in [-0.25, -0.2) is 4.79 Å². The van der Waals surface area contributed by atoms with Crippen LogP contribution in [0.1, 0.15) is 32.9 Å². The van der Waals surface area contributed by atoms with E-state index in [0.29, 0.717) is 13.1 Å². The number of piperidine rings is 1. The Morgan fingerprint density at radius 2 is 2.30 bits per heavy atom. The standard InChI is InChI=1S/C15H20N2O3/c1-14(2,3)20-13(18)17-9-7-15(12(10-17)19-15)11-6-4-5-8-16-11/h4-6,8,12H,7,9-10H2,1-3H3. The number of ether oxygens (including phenoxy) is 2. The van der Waals surface area contributed by atoms with Gasteiger partial charge in [-0.05, 0) is 32.9 Å². The summed E-state index contributed by atoms with van der Waals surface area (Å²) >= 11 is 0. The van der Waals surface area contributed by atoms with Gasteiger partial charge in [-0.3, -0.25) is 4.98 Å². The molecule has 0 N–H and O–H groups in total. The molecule has 5 nitrogen and oxygen atoms in total. The highest BCUT2D eigenvalue weighted by molar-refractivity contribution is 5.68. The highest BCUT2D eigenvalue weighted by atomic mass is 16.6. The number of fused-ring (bicyclic) bond motifs is 1. The second-order valence-corrected chi connectivity index (χ2v) is 6.39. The summed E-state index contributed by atoms with van der Waals surface area (Å²) < 4.78 is 11.2. The zero-order valence-corrected chi connectivity index (χ0v) is 12.1. The summed E-state index contributed by atoms with van der Waals surface area (Å²) in [5, 5.41) is 0. The van der Waals surface area contributed by atoms with E-state index in [1.807, 2.05) is 39.0 Å². The molecule has 0 saturated carbocycles. The molecule has 2 unspecified atom stereocenters. The number of likely N-dealkylation sites (tertiary alicyclic amines) is 1. The van der Waals surface area contributed by atoms with E-state index < -0.39 is 5.60 Å². The Bertz CT molecular complexity index is 512. The van der Waals surface area contributed by atoms with Gasteiger partial charge in [0.1, 0.15) is 17.3 Å². The Labute approximate surface area is 118 Å². The van der Waals surface area contributed by atoms with E-state index in [0.717, 1.165) is 12.1 Å². The number of hydrogen-bond acceptors (Lipinski definition) is 4. The van der Waals surface area contributed by atoms with Crippen LogP contribution in [0.2, 0.25) is 0 Å². The Morgan fingerprint density at radius 3 is 2.90 bits per heavy atom. The molecule has 2 aliphatic heterocycles. The van der Waals surface area contributed by atoms with Gasteiger partial charge in [0.2, 0.25) is 0 Å². The lowest BCUT2D eigenvalue weighted by molar-refractivity contribution is 0.0217. The van der Waals surface area contributed by atoms with E-state index in [1.54, 1.807) is 11.1 Å². The van der Waals surface area contributed by atoms with E-state index in [9.17, 15) is 4.79 Å². The number of nitrogens with zero attached hydrogens (tertiary/aromatic N) is 2. The predicted molar refractivity (Wildman–Crippen MR) is 73.2 cm³/mol. The van der Waals surface area contributed by atoms with Crippen LogP contribution in [0.15, 0.2) is 24.4 Å². The van der Waals surface area contributed by atoms with Gasteiger partial charge in [0.05, 0.1) is 12.2 Å². The second kappa shape index (κ2) is 4.45. The molecule has 0 bridgehead atoms.